The fourth-order valence-corrected chi connectivity index (χ4v) is 1.49. The zero-order valence-electron chi connectivity index (χ0n) is 7.33. The monoisotopic (exact) mass is 195 g/mol. The molecule has 3 nitrogen and oxygen atoms in total. The molecule has 0 unspecified atom stereocenters. The Hall–Kier alpha value is -1.13. The molecule has 1 aliphatic heterocycles. The Kier molecular flexibility index (Phi) is 2.16. The minimum Gasteiger partial charge on any atom is -0.466 e. The van der Waals surface area contributed by atoms with Gasteiger partial charge in [-0.1, -0.05) is 0 Å². The van der Waals surface area contributed by atoms with Crippen LogP contribution < -0.4 is 10.6 Å². The number of ether oxygens (including phenoxy) is 1. The summed E-state index contributed by atoms with van der Waals surface area (Å²) in [6, 6.07) is 6.18. The molecular weight excluding hydrogens is 184 g/mol. The minimum absolute atomic E-state index is 0.459. The van der Waals surface area contributed by atoms with Crippen LogP contribution in [-0.2, 0) is 11.3 Å². The molecule has 3 N–H and O–H groups in total. The number of rotatable bonds is 1. The normalized spacial score (nSPS) is 14.4. The van der Waals surface area contributed by atoms with Gasteiger partial charge < -0.3 is 15.4 Å². The van der Waals surface area contributed by atoms with Gasteiger partial charge in [0.1, 0.15) is 12.3 Å². The quantitative estimate of drug-likeness (QED) is 0.512. The first-order valence-corrected chi connectivity index (χ1v) is 4.56. The van der Waals surface area contributed by atoms with Gasteiger partial charge in [0.05, 0.1) is 7.05 Å². The maximum Gasteiger partial charge on any atom is 0.261 e. The molecule has 0 radical (unpaired) electrons. The van der Waals surface area contributed by atoms with Gasteiger partial charge in [0.2, 0.25) is 0 Å². The number of hydrogen-bond acceptors (Lipinski definition) is 2. The molecule has 0 atom stereocenters. The molecular formula is C9H11N2OS+. The van der Waals surface area contributed by atoms with Crippen molar-refractivity contribution in [3.63, 3.8) is 0 Å². The van der Waals surface area contributed by atoms with E-state index < -0.39 is 0 Å². The second kappa shape index (κ2) is 3.32. The van der Waals surface area contributed by atoms with Gasteiger partial charge in [0, 0.05) is 23.4 Å². The average molecular weight is 195 g/mol. The molecule has 0 fully saturated rings. The molecule has 13 heavy (non-hydrogen) atoms. The zero-order chi connectivity index (χ0) is 9.26. The molecule has 0 amide bonds. The fourth-order valence-electron chi connectivity index (χ4n) is 1.32. The summed E-state index contributed by atoms with van der Waals surface area (Å²) in [6.07, 6.45) is 0. The molecule has 1 aromatic rings. The standard InChI is InChI=1S/C9H10N2OS/c1-10-7-2-3-8-6(4-7)5-12-9(13)11-8/h2-4,10H,5H2,1H3,(H,11,13)/p+1. The summed E-state index contributed by atoms with van der Waals surface area (Å²) >= 11 is 4.90. The van der Waals surface area contributed by atoms with Crippen molar-refractivity contribution >= 4 is 28.8 Å². The van der Waals surface area contributed by atoms with Crippen LogP contribution in [0.4, 0.5) is 11.4 Å². The highest BCUT2D eigenvalue weighted by atomic mass is 32.1. The second-order valence-corrected chi connectivity index (χ2v) is 3.28. The predicted molar refractivity (Wildman–Crippen MR) is 55.0 cm³/mol. The van der Waals surface area contributed by atoms with Gasteiger partial charge in [0.25, 0.3) is 5.17 Å². The molecule has 68 valence electrons. The molecule has 0 saturated carbocycles. The lowest BCUT2D eigenvalue weighted by molar-refractivity contribution is -0.539. The number of nitrogens with one attached hydrogen (secondary N) is 1. The van der Waals surface area contributed by atoms with Gasteiger partial charge in [-0.05, 0) is 18.3 Å². The van der Waals surface area contributed by atoms with Crippen LogP contribution in [-0.4, -0.2) is 12.2 Å². The molecule has 0 aromatic heterocycles. The van der Waals surface area contributed by atoms with Crippen LogP contribution in [0.3, 0.4) is 0 Å². The third kappa shape index (κ3) is 1.64. The highest BCUT2D eigenvalue weighted by Gasteiger charge is 2.13. The summed E-state index contributed by atoms with van der Waals surface area (Å²) in [7, 11) is 2.02. The van der Waals surface area contributed by atoms with E-state index in [4.69, 9.17) is 17.0 Å². The molecule has 0 aliphatic carbocycles. The highest BCUT2D eigenvalue weighted by Crippen LogP contribution is 2.22. The van der Waals surface area contributed by atoms with Gasteiger partial charge in [-0.3, -0.25) is 0 Å². The minimum atomic E-state index is 0.459. The lowest BCUT2D eigenvalue weighted by Crippen LogP contribution is -2.72. The molecule has 4 heteroatoms. The highest BCUT2D eigenvalue weighted by molar-refractivity contribution is 7.80. The first-order chi connectivity index (χ1) is 6.29. The van der Waals surface area contributed by atoms with Gasteiger partial charge in [0.15, 0.2) is 0 Å². The Morgan fingerprint density at radius 2 is 2.38 bits per heavy atom. The number of benzene rings is 1. The van der Waals surface area contributed by atoms with Crippen molar-refractivity contribution in [1.82, 2.24) is 0 Å². The Morgan fingerprint density at radius 1 is 1.54 bits per heavy atom. The predicted octanol–water partition coefficient (Wildman–Crippen LogP) is 0.738. The molecule has 1 aromatic carbocycles. The van der Waals surface area contributed by atoms with Crippen LogP contribution in [0.15, 0.2) is 18.2 Å². The van der Waals surface area contributed by atoms with Crippen LogP contribution in [0.25, 0.3) is 0 Å². The summed E-state index contributed by atoms with van der Waals surface area (Å²) in [5.41, 5.74) is 3.42. The molecule has 0 bridgehead atoms. The van der Waals surface area contributed by atoms with E-state index in [1.807, 2.05) is 13.1 Å². The van der Waals surface area contributed by atoms with Gasteiger partial charge in [-0.25, -0.2) is 0 Å². The number of nitrogens with two attached hydrogens (primary N) is 1. The zero-order valence-corrected chi connectivity index (χ0v) is 8.15. The lowest BCUT2D eigenvalue weighted by atomic mass is 10.1. The van der Waals surface area contributed by atoms with E-state index in [1.165, 1.54) is 5.69 Å². The van der Waals surface area contributed by atoms with Crippen molar-refractivity contribution < 1.29 is 10.1 Å². The van der Waals surface area contributed by atoms with Crippen LogP contribution in [0.5, 0.6) is 0 Å². The van der Waals surface area contributed by atoms with Gasteiger partial charge >= 0.3 is 0 Å². The number of anilines is 1. The Balaban J connectivity index is 2.36. The van der Waals surface area contributed by atoms with E-state index in [0.717, 1.165) is 11.3 Å². The van der Waals surface area contributed by atoms with Crippen molar-refractivity contribution in [2.24, 2.45) is 0 Å². The van der Waals surface area contributed by atoms with Crippen molar-refractivity contribution in [1.29, 1.82) is 0 Å². The summed E-state index contributed by atoms with van der Waals surface area (Å²) in [4.78, 5) is 0. The summed E-state index contributed by atoms with van der Waals surface area (Å²) in [5.74, 6) is 0. The number of quaternary nitrogens is 1. The van der Waals surface area contributed by atoms with E-state index in [0.29, 0.717) is 11.8 Å². The largest absolute Gasteiger partial charge is 0.466 e. The summed E-state index contributed by atoms with van der Waals surface area (Å²) in [6.45, 7) is 0.572. The van der Waals surface area contributed by atoms with Crippen LogP contribution in [0, 0.1) is 0 Å². The Labute approximate surface area is 82.1 Å². The number of thiocarbonyl (C=S) groups is 1. The Bertz CT molecular complexity index is 351. The fraction of sp³-hybridized carbons (Fsp3) is 0.222. The van der Waals surface area contributed by atoms with Gasteiger partial charge in [-0.15, -0.1) is 0 Å². The first kappa shape index (κ1) is 8.47. The third-order valence-electron chi connectivity index (χ3n) is 2.06. The van der Waals surface area contributed by atoms with Gasteiger partial charge in [-0.2, -0.15) is 0 Å². The van der Waals surface area contributed by atoms with E-state index >= 15 is 0 Å². The Morgan fingerprint density at radius 3 is 3.15 bits per heavy atom. The molecule has 0 saturated heterocycles. The van der Waals surface area contributed by atoms with Crippen molar-refractivity contribution in [2.75, 3.05) is 12.4 Å². The molecule has 1 aliphatic rings. The number of fused-ring (bicyclic) bond motifs is 1. The van der Waals surface area contributed by atoms with E-state index in [2.05, 4.69) is 22.8 Å². The molecule has 2 rings (SSSR count). The molecule has 1 heterocycles. The van der Waals surface area contributed by atoms with Crippen LogP contribution in [0.1, 0.15) is 5.56 Å². The second-order valence-electron chi connectivity index (χ2n) is 2.91. The van der Waals surface area contributed by atoms with Crippen molar-refractivity contribution in [2.45, 2.75) is 6.61 Å². The van der Waals surface area contributed by atoms with E-state index in [1.54, 1.807) is 0 Å². The van der Waals surface area contributed by atoms with Crippen LogP contribution in [0.2, 0.25) is 0 Å². The van der Waals surface area contributed by atoms with E-state index in [9.17, 15) is 0 Å². The number of hydrogen-bond donors (Lipinski definition) is 2. The van der Waals surface area contributed by atoms with Crippen molar-refractivity contribution in [3.8, 4) is 0 Å². The maximum absolute atomic E-state index is 5.21. The van der Waals surface area contributed by atoms with Crippen molar-refractivity contribution in [3.05, 3.63) is 23.8 Å². The topological polar surface area (TPSA) is 37.9 Å². The maximum atomic E-state index is 5.21. The first-order valence-electron chi connectivity index (χ1n) is 4.15. The molecule has 0 spiro atoms. The van der Waals surface area contributed by atoms with E-state index in [-0.39, 0.29) is 0 Å². The lowest BCUT2D eigenvalue weighted by Gasteiger charge is -2.19. The SMILES string of the molecule is C[NH2+]c1ccc2c(c1)COC(=S)N2. The third-order valence-corrected chi connectivity index (χ3v) is 2.28. The summed E-state index contributed by atoms with van der Waals surface area (Å²) < 4.78 is 5.21. The average Bonchev–Trinajstić information content (AvgIpc) is 2.17. The summed E-state index contributed by atoms with van der Waals surface area (Å²) in [5, 5.41) is 5.53. The van der Waals surface area contributed by atoms with Crippen LogP contribution >= 0.6 is 12.2 Å². The smallest absolute Gasteiger partial charge is 0.261 e.